The van der Waals surface area contributed by atoms with Gasteiger partial charge in [0.05, 0.1) is 0 Å². The molecule has 0 bridgehead atoms. The molecule has 0 nitrogen and oxygen atoms in total. The van der Waals surface area contributed by atoms with Crippen molar-refractivity contribution in [2.75, 3.05) is 0 Å². The van der Waals surface area contributed by atoms with Crippen molar-refractivity contribution in [3.63, 3.8) is 0 Å². The van der Waals surface area contributed by atoms with Gasteiger partial charge in [0.25, 0.3) is 0 Å². The summed E-state index contributed by atoms with van der Waals surface area (Å²) in [6, 6.07) is 4.41. The molecule has 0 amide bonds. The average Bonchev–Trinajstić information content (AvgIpc) is 1.85. The minimum Gasteiger partial charge on any atom is -0.208 e. The third kappa shape index (κ3) is 2.04. The van der Waals surface area contributed by atoms with Crippen molar-refractivity contribution in [2.45, 2.75) is 20.8 Å². The Morgan fingerprint density at radius 1 is 1.33 bits per heavy atom. The van der Waals surface area contributed by atoms with Crippen molar-refractivity contribution in [3.05, 3.63) is 28.8 Å². The van der Waals surface area contributed by atoms with Gasteiger partial charge in [-0.1, -0.05) is 20.8 Å². The fourth-order valence-corrected chi connectivity index (χ4v) is 0.952. The zero-order valence-corrected chi connectivity index (χ0v) is 7.72. The van der Waals surface area contributed by atoms with E-state index in [1.807, 2.05) is 0 Å². The van der Waals surface area contributed by atoms with Crippen LogP contribution in [-0.2, 0) is 21.7 Å². The topological polar surface area (TPSA) is 0 Å². The molecule has 0 N–H and O–H groups in total. The molecule has 0 saturated heterocycles. The van der Waals surface area contributed by atoms with E-state index in [1.54, 1.807) is 0 Å². The molecular formula is C8H11Ti-. The molecule has 0 unspecified atom stereocenters. The third-order valence-electron chi connectivity index (χ3n) is 1.51. The second-order valence-corrected chi connectivity index (χ2v) is 2.40. The first kappa shape index (κ1) is 9.06. The van der Waals surface area contributed by atoms with Crippen LogP contribution in [0.3, 0.4) is 0 Å². The summed E-state index contributed by atoms with van der Waals surface area (Å²) in [6.07, 6.45) is 0. The number of hydrogen-bond donors (Lipinski definition) is 0. The van der Waals surface area contributed by atoms with E-state index < -0.39 is 0 Å². The Morgan fingerprint density at radius 3 is 2.00 bits per heavy atom. The molecule has 0 aliphatic carbocycles. The van der Waals surface area contributed by atoms with Crippen molar-refractivity contribution < 1.29 is 21.7 Å². The van der Waals surface area contributed by atoms with Gasteiger partial charge in [0, 0.05) is 21.7 Å². The Morgan fingerprint density at radius 2 is 1.89 bits per heavy atom. The predicted octanol–water partition coefficient (Wildman–Crippen LogP) is 2.33. The van der Waals surface area contributed by atoms with E-state index in [2.05, 4.69) is 32.9 Å². The Kier molecular flexibility index (Phi) is 3.31. The van der Waals surface area contributed by atoms with Gasteiger partial charge in [0.1, 0.15) is 0 Å². The predicted molar refractivity (Wildman–Crippen MR) is 36.2 cm³/mol. The van der Waals surface area contributed by atoms with Gasteiger partial charge in [-0.3, -0.25) is 0 Å². The summed E-state index contributed by atoms with van der Waals surface area (Å²) in [6.45, 7) is 6.41. The summed E-state index contributed by atoms with van der Waals surface area (Å²) >= 11 is 0. The molecule has 1 heteroatoms. The number of hydrogen-bond acceptors (Lipinski definition) is 0. The largest absolute Gasteiger partial charge is 0.208 e. The van der Waals surface area contributed by atoms with Gasteiger partial charge in [0.15, 0.2) is 0 Å². The SMILES string of the molecule is Cc1cc(C)[c-](C)c1.[Ti]. The van der Waals surface area contributed by atoms with Crippen LogP contribution in [0.5, 0.6) is 0 Å². The first-order valence-corrected chi connectivity index (χ1v) is 2.90. The van der Waals surface area contributed by atoms with Gasteiger partial charge in [-0.2, -0.15) is 17.2 Å². The van der Waals surface area contributed by atoms with Crippen molar-refractivity contribution >= 4 is 0 Å². The molecule has 1 aromatic rings. The quantitative estimate of drug-likeness (QED) is 0.398. The van der Waals surface area contributed by atoms with Crippen LogP contribution in [0.25, 0.3) is 0 Å². The molecule has 48 valence electrons. The minimum absolute atomic E-state index is 0. The third-order valence-corrected chi connectivity index (χ3v) is 1.51. The van der Waals surface area contributed by atoms with Crippen LogP contribution in [0.1, 0.15) is 16.7 Å². The molecule has 0 atom stereocenters. The van der Waals surface area contributed by atoms with Gasteiger partial charge in [-0.25, -0.2) is 11.6 Å². The van der Waals surface area contributed by atoms with Crippen LogP contribution in [0.4, 0.5) is 0 Å². The van der Waals surface area contributed by atoms with E-state index in [0.29, 0.717) is 0 Å². The van der Waals surface area contributed by atoms with Crippen molar-refractivity contribution in [2.24, 2.45) is 0 Å². The Bertz CT molecular complexity index is 167. The maximum absolute atomic E-state index is 2.20. The molecule has 9 heavy (non-hydrogen) atoms. The molecule has 1 rings (SSSR count). The summed E-state index contributed by atoms with van der Waals surface area (Å²) in [5, 5.41) is 0. The van der Waals surface area contributed by atoms with Gasteiger partial charge >= 0.3 is 0 Å². The van der Waals surface area contributed by atoms with Crippen LogP contribution in [-0.4, -0.2) is 0 Å². The van der Waals surface area contributed by atoms with E-state index in [-0.39, 0.29) is 21.7 Å². The van der Waals surface area contributed by atoms with Gasteiger partial charge < -0.3 is 0 Å². The molecule has 0 aliphatic heterocycles. The number of aryl methyl sites for hydroxylation is 3. The molecule has 0 aliphatic rings. The van der Waals surface area contributed by atoms with Crippen LogP contribution < -0.4 is 0 Å². The summed E-state index contributed by atoms with van der Waals surface area (Å²) in [4.78, 5) is 0. The molecule has 0 saturated carbocycles. The summed E-state index contributed by atoms with van der Waals surface area (Å²) in [7, 11) is 0. The smallest absolute Gasteiger partial charge is 0 e. The molecule has 0 radical (unpaired) electrons. The summed E-state index contributed by atoms with van der Waals surface area (Å²) in [5.41, 5.74) is 4.19. The molecule has 0 aromatic heterocycles. The Balaban J connectivity index is 0.000000640. The van der Waals surface area contributed by atoms with Crippen LogP contribution in [0, 0.1) is 20.8 Å². The van der Waals surface area contributed by atoms with Crippen molar-refractivity contribution in [1.29, 1.82) is 0 Å². The minimum atomic E-state index is 0. The summed E-state index contributed by atoms with van der Waals surface area (Å²) in [5.74, 6) is 0. The molecule has 0 spiro atoms. The first-order valence-electron chi connectivity index (χ1n) is 2.90. The van der Waals surface area contributed by atoms with Gasteiger partial charge in [-0.15, -0.1) is 0 Å². The number of rotatable bonds is 0. The maximum Gasteiger partial charge on any atom is 0 e. The average molecular weight is 155 g/mol. The normalized spacial score (nSPS) is 8.78. The molecule has 1 aromatic carbocycles. The van der Waals surface area contributed by atoms with Gasteiger partial charge in [0.2, 0.25) is 0 Å². The second-order valence-electron chi connectivity index (χ2n) is 2.40. The zero-order valence-electron chi connectivity index (χ0n) is 6.15. The van der Waals surface area contributed by atoms with E-state index in [9.17, 15) is 0 Å². The van der Waals surface area contributed by atoms with E-state index >= 15 is 0 Å². The Hall–Kier alpha value is 0.0643. The first-order chi connectivity index (χ1) is 3.70. The summed E-state index contributed by atoms with van der Waals surface area (Å²) < 4.78 is 0. The van der Waals surface area contributed by atoms with E-state index in [0.717, 1.165) is 0 Å². The molecule has 0 fully saturated rings. The fraction of sp³-hybridized carbons (Fsp3) is 0.375. The molecular weight excluding hydrogens is 144 g/mol. The van der Waals surface area contributed by atoms with Gasteiger partial charge in [-0.05, 0) is 0 Å². The standard InChI is InChI=1S/C8H11.Ti/c1-6-4-7(2)8(3)5-6;/h4-5H,1-3H3;/q-1;. The van der Waals surface area contributed by atoms with Crippen LogP contribution in [0.15, 0.2) is 12.1 Å². The Labute approximate surface area is 71.5 Å². The zero-order chi connectivity index (χ0) is 6.15. The van der Waals surface area contributed by atoms with E-state index in [1.165, 1.54) is 16.7 Å². The maximum atomic E-state index is 2.20. The van der Waals surface area contributed by atoms with Crippen molar-refractivity contribution in [1.82, 2.24) is 0 Å². The molecule has 0 heterocycles. The fourth-order valence-electron chi connectivity index (χ4n) is 0.952. The van der Waals surface area contributed by atoms with Crippen LogP contribution >= 0.6 is 0 Å². The monoisotopic (exact) mass is 155 g/mol. The second kappa shape index (κ2) is 3.29. The van der Waals surface area contributed by atoms with Crippen molar-refractivity contribution in [3.8, 4) is 0 Å². The van der Waals surface area contributed by atoms with Crippen LogP contribution in [0.2, 0.25) is 0 Å². The van der Waals surface area contributed by atoms with E-state index in [4.69, 9.17) is 0 Å².